The average Bonchev–Trinajstić information content (AvgIpc) is 2.56. The van der Waals surface area contributed by atoms with Crippen LogP contribution in [0.4, 0.5) is 0 Å². The molecule has 2 rings (SSSR count). The van der Waals surface area contributed by atoms with Crippen LogP contribution in [0.2, 0.25) is 0 Å². The molecule has 1 aromatic carbocycles. The van der Waals surface area contributed by atoms with Crippen molar-refractivity contribution in [2.45, 2.75) is 6.04 Å². The molecule has 2 aromatic rings. The molecule has 0 radical (unpaired) electrons. The van der Waals surface area contributed by atoms with Crippen LogP contribution in [-0.2, 0) is 0 Å². The molecule has 112 valence electrons. The summed E-state index contributed by atoms with van der Waals surface area (Å²) in [7, 11) is 6.68. The van der Waals surface area contributed by atoms with Crippen molar-refractivity contribution in [2.75, 3.05) is 28.4 Å². The summed E-state index contributed by atoms with van der Waals surface area (Å²) in [6.45, 7) is 0. The van der Waals surface area contributed by atoms with Crippen LogP contribution in [-0.4, -0.2) is 38.6 Å². The van der Waals surface area contributed by atoms with Gasteiger partial charge in [-0.25, -0.2) is 0 Å². The second kappa shape index (κ2) is 6.90. The maximum absolute atomic E-state index is 5.44. The molecule has 1 heterocycles. The number of nitrogens with one attached hydrogen (secondary N) is 1. The van der Waals surface area contributed by atoms with Crippen molar-refractivity contribution < 1.29 is 14.2 Å². The lowest BCUT2D eigenvalue weighted by molar-refractivity contribution is 0.385. The van der Waals surface area contributed by atoms with Gasteiger partial charge in [-0.3, -0.25) is 0 Å². The Balaban J connectivity index is 2.40. The number of aromatic nitrogens is 2. The zero-order valence-electron chi connectivity index (χ0n) is 12.6. The standard InChI is InChI=1S/C15H19N3O3/c1-16-15(12-7-8-14(21-4)18-17-12)11-6-5-10(19-2)9-13(11)20-3/h5-9,15-16H,1-4H3. The Morgan fingerprint density at radius 2 is 1.76 bits per heavy atom. The lowest BCUT2D eigenvalue weighted by Crippen LogP contribution is -2.20. The third kappa shape index (κ3) is 3.22. The maximum Gasteiger partial charge on any atom is 0.233 e. The summed E-state index contributed by atoms with van der Waals surface area (Å²) >= 11 is 0. The third-order valence-corrected chi connectivity index (χ3v) is 3.21. The highest BCUT2D eigenvalue weighted by Gasteiger charge is 2.19. The van der Waals surface area contributed by atoms with Crippen molar-refractivity contribution in [1.82, 2.24) is 15.5 Å². The largest absolute Gasteiger partial charge is 0.497 e. The second-order valence-corrected chi connectivity index (χ2v) is 4.33. The first-order valence-corrected chi connectivity index (χ1v) is 6.50. The summed E-state index contributed by atoms with van der Waals surface area (Å²) in [5.41, 5.74) is 1.74. The minimum atomic E-state index is -0.135. The molecule has 0 saturated carbocycles. The van der Waals surface area contributed by atoms with E-state index in [0.717, 1.165) is 22.8 Å². The molecular formula is C15H19N3O3. The van der Waals surface area contributed by atoms with Gasteiger partial charge in [0.25, 0.3) is 0 Å². The molecule has 0 amide bonds. The molecule has 1 N–H and O–H groups in total. The van der Waals surface area contributed by atoms with Gasteiger partial charge in [-0.05, 0) is 25.2 Å². The Morgan fingerprint density at radius 3 is 2.29 bits per heavy atom. The zero-order valence-corrected chi connectivity index (χ0v) is 12.6. The van der Waals surface area contributed by atoms with Crippen molar-refractivity contribution in [3.05, 3.63) is 41.6 Å². The van der Waals surface area contributed by atoms with Gasteiger partial charge in [0.05, 0.1) is 33.1 Å². The van der Waals surface area contributed by atoms with E-state index < -0.39 is 0 Å². The van der Waals surface area contributed by atoms with Crippen LogP contribution < -0.4 is 19.5 Å². The van der Waals surface area contributed by atoms with Crippen LogP contribution in [0.5, 0.6) is 17.4 Å². The fraction of sp³-hybridized carbons (Fsp3) is 0.333. The minimum Gasteiger partial charge on any atom is -0.497 e. The molecule has 0 aliphatic rings. The summed E-state index contributed by atoms with van der Waals surface area (Å²) in [6, 6.07) is 9.20. The molecule has 0 aliphatic carbocycles. The van der Waals surface area contributed by atoms with E-state index in [2.05, 4.69) is 15.5 Å². The van der Waals surface area contributed by atoms with Gasteiger partial charge >= 0.3 is 0 Å². The Bertz CT molecular complexity index is 587. The molecule has 0 aliphatic heterocycles. The Hall–Kier alpha value is -2.34. The van der Waals surface area contributed by atoms with E-state index in [1.807, 2.05) is 31.3 Å². The van der Waals surface area contributed by atoms with E-state index in [1.54, 1.807) is 27.4 Å². The first-order valence-electron chi connectivity index (χ1n) is 6.50. The van der Waals surface area contributed by atoms with E-state index in [0.29, 0.717) is 5.88 Å². The predicted octanol–water partition coefficient (Wildman–Crippen LogP) is 1.81. The van der Waals surface area contributed by atoms with Crippen LogP contribution >= 0.6 is 0 Å². The van der Waals surface area contributed by atoms with E-state index in [1.165, 1.54) is 0 Å². The predicted molar refractivity (Wildman–Crippen MR) is 79.0 cm³/mol. The molecule has 1 aromatic heterocycles. The SMILES string of the molecule is CNC(c1ccc(OC)nn1)c1ccc(OC)cc1OC. The number of rotatable bonds is 6. The third-order valence-electron chi connectivity index (χ3n) is 3.21. The molecule has 21 heavy (non-hydrogen) atoms. The first-order chi connectivity index (χ1) is 10.2. The second-order valence-electron chi connectivity index (χ2n) is 4.33. The molecule has 6 nitrogen and oxygen atoms in total. The maximum atomic E-state index is 5.44. The van der Waals surface area contributed by atoms with Gasteiger partial charge in [0.1, 0.15) is 11.5 Å². The zero-order chi connectivity index (χ0) is 15.2. The monoisotopic (exact) mass is 289 g/mol. The normalized spacial score (nSPS) is 11.8. The van der Waals surface area contributed by atoms with E-state index >= 15 is 0 Å². The molecule has 1 atom stereocenters. The Morgan fingerprint density at radius 1 is 0.952 bits per heavy atom. The molecule has 1 unspecified atom stereocenters. The lowest BCUT2D eigenvalue weighted by Gasteiger charge is -2.19. The molecule has 0 bridgehead atoms. The minimum absolute atomic E-state index is 0.135. The van der Waals surface area contributed by atoms with Gasteiger partial charge in [-0.15, -0.1) is 10.2 Å². The van der Waals surface area contributed by atoms with Crippen molar-refractivity contribution >= 4 is 0 Å². The van der Waals surface area contributed by atoms with Gasteiger partial charge < -0.3 is 19.5 Å². The highest BCUT2D eigenvalue weighted by molar-refractivity contribution is 5.45. The summed E-state index contributed by atoms with van der Waals surface area (Å²) < 4.78 is 15.7. The van der Waals surface area contributed by atoms with Crippen molar-refractivity contribution in [3.63, 3.8) is 0 Å². The van der Waals surface area contributed by atoms with Gasteiger partial charge in [0.2, 0.25) is 5.88 Å². The topological polar surface area (TPSA) is 65.5 Å². The molecule has 0 saturated heterocycles. The van der Waals surface area contributed by atoms with Gasteiger partial charge in [-0.2, -0.15) is 0 Å². The van der Waals surface area contributed by atoms with Gasteiger partial charge in [-0.1, -0.05) is 0 Å². The number of hydrogen-bond donors (Lipinski definition) is 1. The van der Waals surface area contributed by atoms with Crippen LogP contribution in [0.25, 0.3) is 0 Å². The van der Waals surface area contributed by atoms with Crippen LogP contribution in [0, 0.1) is 0 Å². The summed E-state index contributed by atoms with van der Waals surface area (Å²) in [5, 5.41) is 11.4. The fourth-order valence-corrected chi connectivity index (χ4v) is 2.11. The summed E-state index contributed by atoms with van der Waals surface area (Å²) in [6.07, 6.45) is 0. The van der Waals surface area contributed by atoms with E-state index in [9.17, 15) is 0 Å². The number of hydrogen-bond acceptors (Lipinski definition) is 6. The van der Waals surface area contributed by atoms with Crippen molar-refractivity contribution in [1.29, 1.82) is 0 Å². The summed E-state index contributed by atoms with van der Waals surface area (Å²) in [5.74, 6) is 1.95. The van der Waals surface area contributed by atoms with Gasteiger partial charge in [0, 0.05) is 17.7 Å². The van der Waals surface area contributed by atoms with E-state index in [-0.39, 0.29) is 6.04 Å². The lowest BCUT2D eigenvalue weighted by atomic mass is 10.0. The average molecular weight is 289 g/mol. The highest BCUT2D eigenvalue weighted by Crippen LogP contribution is 2.32. The number of nitrogens with zero attached hydrogens (tertiary/aromatic N) is 2. The van der Waals surface area contributed by atoms with Crippen LogP contribution in [0.3, 0.4) is 0 Å². The van der Waals surface area contributed by atoms with Crippen molar-refractivity contribution in [2.24, 2.45) is 0 Å². The van der Waals surface area contributed by atoms with Crippen molar-refractivity contribution in [3.8, 4) is 17.4 Å². The van der Waals surface area contributed by atoms with Gasteiger partial charge in [0.15, 0.2) is 0 Å². The van der Waals surface area contributed by atoms with Crippen LogP contribution in [0.15, 0.2) is 30.3 Å². The first kappa shape index (κ1) is 15.1. The molecule has 0 fully saturated rings. The molecular weight excluding hydrogens is 270 g/mol. The summed E-state index contributed by atoms with van der Waals surface area (Å²) in [4.78, 5) is 0. The smallest absolute Gasteiger partial charge is 0.233 e. The Labute approximate surface area is 124 Å². The molecule has 0 spiro atoms. The number of benzene rings is 1. The number of ether oxygens (including phenoxy) is 3. The number of methoxy groups -OCH3 is 3. The van der Waals surface area contributed by atoms with Crippen LogP contribution in [0.1, 0.15) is 17.3 Å². The quantitative estimate of drug-likeness (QED) is 0.875. The Kier molecular flexibility index (Phi) is 4.94. The fourth-order valence-electron chi connectivity index (χ4n) is 2.11. The molecule has 6 heteroatoms. The van der Waals surface area contributed by atoms with E-state index in [4.69, 9.17) is 14.2 Å². The highest BCUT2D eigenvalue weighted by atomic mass is 16.5.